The van der Waals surface area contributed by atoms with Gasteiger partial charge >= 0.3 is 0 Å². The SMILES string of the molecule is NNc1cc(C(=O)Nc2cc([N+](=O)[O-])ccc2F)ccn1. The number of non-ortho nitro benzene ring substituents is 1. The minimum Gasteiger partial charge on any atom is -0.319 e. The van der Waals surface area contributed by atoms with Crippen molar-refractivity contribution in [2.75, 3.05) is 10.7 Å². The zero-order valence-electron chi connectivity index (χ0n) is 10.5. The van der Waals surface area contributed by atoms with Gasteiger partial charge in [0.2, 0.25) is 0 Å². The molecule has 1 amide bonds. The van der Waals surface area contributed by atoms with E-state index in [1.807, 2.05) is 0 Å². The van der Waals surface area contributed by atoms with Gasteiger partial charge in [-0.25, -0.2) is 15.2 Å². The second kappa shape index (κ2) is 5.92. The van der Waals surface area contributed by atoms with Crippen molar-refractivity contribution in [3.8, 4) is 0 Å². The molecule has 108 valence electrons. The van der Waals surface area contributed by atoms with Gasteiger partial charge in [-0.05, 0) is 18.2 Å². The van der Waals surface area contributed by atoms with Crippen LogP contribution in [0.3, 0.4) is 0 Å². The number of nitrogens with one attached hydrogen (secondary N) is 2. The summed E-state index contributed by atoms with van der Waals surface area (Å²) in [5, 5.41) is 12.9. The lowest BCUT2D eigenvalue weighted by molar-refractivity contribution is -0.384. The average molecular weight is 291 g/mol. The van der Waals surface area contributed by atoms with Crippen molar-refractivity contribution in [3.05, 3.63) is 58.0 Å². The van der Waals surface area contributed by atoms with Gasteiger partial charge in [0.05, 0.1) is 10.6 Å². The molecule has 0 fully saturated rings. The minimum atomic E-state index is -0.778. The third-order valence-electron chi connectivity index (χ3n) is 2.58. The molecule has 0 aliphatic rings. The number of anilines is 2. The molecule has 1 aromatic carbocycles. The van der Waals surface area contributed by atoms with Crippen LogP contribution in [0, 0.1) is 15.9 Å². The predicted molar refractivity (Wildman–Crippen MR) is 73.1 cm³/mol. The van der Waals surface area contributed by atoms with Crippen molar-refractivity contribution in [1.82, 2.24) is 4.98 Å². The van der Waals surface area contributed by atoms with Crippen LogP contribution in [0.25, 0.3) is 0 Å². The van der Waals surface area contributed by atoms with Crippen LogP contribution in [-0.4, -0.2) is 15.8 Å². The van der Waals surface area contributed by atoms with Crippen molar-refractivity contribution in [3.63, 3.8) is 0 Å². The van der Waals surface area contributed by atoms with Gasteiger partial charge in [-0.3, -0.25) is 14.9 Å². The summed E-state index contributed by atoms with van der Waals surface area (Å²) >= 11 is 0. The number of nitro groups is 1. The molecule has 1 heterocycles. The van der Waals surface area contributed by atoms with Gasteiger partial charge in [-0.2, -0.15) is 0 Å². The third-order valence-corrected chi connectivity index (χ3v) is 2.58. The highest BCUT2D eigenvalue weighted by Gasteiger charge is 2.14. The molecule has 0 aliphatic carbocycles. The fourth-order valence-corrected chi connectivity index (χ4v) is 1.57. The number of pyridine rings is 1. The molecular formula is C12H10FN5O3. The number of carbonyl (C=O) groups excluding carboxylic acids is 1. The molecule has 4 N–H and O–H groups in total. The van der Waals surface area contributed by atoms with Gasteiger partial charge in [-0.15, -0.1) is 0 Å². The van der Waals surface area contributed by atoms with E-state index in [1.165, 1.54) is 18.3 Å². The van der Waals surface area contributed by atoms with E-state index in [-0.39, 0.29) is 22.8 Å². The van der Waals surface area contributed by atoms with Crippen LogP contribution < -0.4 is 16.6 Å². The summed E-state index contributed by atoms with van der Waals surface area (Å²) in [6.07, 6.45) is 1.34. The summed E-state index contributed by atoms with van der Waals surface area (Å²) in [5.74, 6) is 4.00. The van der Waals surface area contributed by atoms with E-state index in [4.69, 9.17) is 5.84 Å². The number of amides is 1. The van der Waals surface area contributed by atoms with E-state index in [0.717, 1.165) is 18.2 Å². The van der Waals surface area contributed by atoms with E-state index < -0.39 is 16.6 Å². The molecule has 0 atom stereocenters. The number of carbonyl (C=O) groups is 1. The number of aromatic nitrogens is 1. The molecule has 0 bridgehead atoms. The summed E-state index contributed by atoms with van der Waals surface area (Å²) in [6.45, 7) is 0. The maximum atomic E-state index is 13.6. The second-order valence-electron chi connectivity index (χ2n) is 3.95. The van der Waals surface area contributed by atoms with Gasteiger partial charge in [-0.1, -0.05) is 0 Å². The number of nitro benzene ring substituents is 1. The molecule has 2 aromatic rings. The Hall–Kier alpha value is -3.07. The number of hydrogen-bond acceptors (Lipinski definition) is 6. The standard InChI is InChI=1S/C12H10FN5O3/c13-9-2-1-8(18(20)21)6-10(9)16-12(19)7-3-4-15-11(5-7)17-14/h1-6H,14H2,(H,15,17)(H,16,19). The predicted octanol–water partition coefficient (Wildman–Crippen LogP) is 1.67. The minimum absolute atomic E-state index is 0.170. The van der Waals surface area contributed by atoms with Crippen LogP contribution in [0.2, 0.25) is 0 Å². The van der Waals surface area contributed by atoms with Crippen LogP contribution >= 0.6 is 0 Å². The number of hydrazine groups is 1. The number of nitrogens with zero attached hydrogens (tertiary/aromatic N) is 2. The first-order chi connectivity index (χ1) is 10.0. The number of hydrogen-bond donors (Lipinski definition) is 3. The van der Waals surface area contributed by atoms with Gasteiger partial charge in [0.15, 0.2) is 0 Å². The monoisotopic (exact) mass is 291 g/mol. The molecule has 0 aliphatic heterocycles. The Morgan fingerprint density at radius 3 is 2.76 bits per heavy atom. The normalized spacial score (nSPS) is 10.0. The first-order valence-electron chi connectivity index (χ1n) is 5.69. The lowest BCUT2D eigenvalue weighted by Gasteiger charge is -2.07. The lowest BCUT2D eigenvalue weighted by Crippen LogP contribution is -2.15. The second-order valence-corrected chi connectivity index (χ2v) is 3.95. The van der Waals surface area contributed by atoms with Gasteiger partial charge in [0, 0.05) is 23.9 Å². The van der Waals surface area contributed by atoms with Crippen molar-refractivity contribution in [2.45, 2.75) is 0 Å². The maximum Gasteiger partial charge on any atom is 0.271 e. The fraction of sp³-hybridized carbons (Fsp3) is 0. The highest BCUT2D eigenvalue weighted by Crippen LogP contribution is 2.22. The van der Waals surface area contributed by atoms with Crippen LogP contribution in [0.1, 0.15) is 10.4 Å². The van der Waals surface area contributed by atoms with Crippen molar-refractivity contribution >= 4 is 23.1 Å². The van der Waals surface area contributed by atoms with Crippen LogP contribution in [-0.2, 0) is 0 Å². The zero-order valence-corrected chi connectivity index (χ0v) is 10.5. The Bertz CT molecular complexity index is 707. The van der Waals surface area contributed by atoms with E-state index in [2.05, 4.69) is 15.7 Å². The van der Waals surface area contributed by atoms with E-state index >= 15 is 0 Å². The first kappa shape index (κ1) is 14.3. The van der Waals surface area contributed by atoms with Crippen LogP contribution in [0.15, 0.2) is 36.5 Å². The Labute approximate surface area is 117 Å². The average Bonchev–Trinajstić information content (AvgIpc) is 2.49. The van der Waals surface area contributed by atoms with E-state index in [9.17, 15) is 19.3 Å². The number of benzene rings is 1. The Balaban J connectivity index is 2.26. The summed E-state index contributed by atoms with van der Waals surface area (Å²) in [7, 11) is 0. The highest BCUT2D eigenvalue weighted by atomic mass is 19.1. The lowest BCUT2D eigenvalue weighted by atomic mass is 10.2. The molecular weight excluding hydrogens is 281 g/mol. The topological polar surface area (TPSA) is 123 Å². The summed E-state index contributed by atoms with van der Waals surface area (Å²) in [4.78, 5) is 25.8. The highest BCUT2D eigenvalue weighted by molar-refractivity contribution is 6.04. The molecule has 21 heavy (non-hydrogen) atoms. The number of rotatable bonds is 4. The van der Waals surface area contributed by atoms with Gasteiger partial charge in [0.25, 0.3) is 11.6 Å². The van der Waals surface area contributed by atoms with Crippen LogP contribution in [0.5, 0.6) is 0 Å². The summed E-state index contributed by atoms with van der Waals surface area (Å²) in [5.41, 5.74) is 1.83. The number of halogens is 1. The molecule has 9 heteroatoms. The fourth-order valence-electron chi connectivity index (χ4n) is 1.57. The molecule has 0 unspecified atom stereocenters. The Kier molecular flexibility index (Phi) is 4.05. The van der Waals surface area contributed by atoms with Gasteiger partial charge < -0.3 is 10.7 Å². The van der Waals surface area contributed by atoms with Crippen molar-refractivity contribution in [1.29, 1.82) is 0 Å². The number of nitrogen functional groups attached to an aromatic ring is 1. The maximum absolute atomic E-state index is 13.6. The zero-order chi connectivity index (χ0) is 15.4. The first-order valence-corrected chi connectivity index (χ1v) is 5.69. The molecule has 1 aromatic heterocycles. The summed E-state index contributed by atoms with van der Waals surface area (Å²) in [6, 6.07) is 5.60. The van der Waals surface area contributed by atoms with E-state index in [0.29, 0.717) is 0 Å². The molecule has 0 radical (unpaired) electrons. The molecule has 0 saturated heterocycles. The molecule has 0 saturated carbocycles. The van der Waals surface area contributed by atoms with Crippen molar-refractivity contribution < 1.29 is 14.1 Å². The Morgan fingerprint density at radius 2 is 2.10 bits per heavy atom. The molecule has 0 spiro atoms. The largest absolute Gasteiger partial charge is 0.319 e. The summed E-state index contributed by atoms with van der Waals surface area (Å²) < 4.78 is 13.6. The quantitative estimate of drug-likeness (QED) is 0.447. The van der Waals surface area contributed by atoms with E-state index in [1.54, 1.807) is 0 Å². The van der Waals surface area contributed by atoms with Gasteiger partial charge in [0.1, 0.15) is 11.6 Å². The smallest absolute Gasteiger partial charge is 0.271 e. The number of nitrogens with two attached hydrogens (primary N) is 1. The Morgan fingerprint density at radius 1 is 1.33 bits per heavy atom. The molecule has 2 rings (SSSR count). The molecule has 8 nitrogen and oxygen atoms in total. The van der Waals surface area contributed by atoms with Crippen molar-refractivity contribution in [2.24, 2.45) is 5.84 Å². The third kappa shape index (κ3) is 3.28. The van der Waals surface area contributed by atoms with Crippen LogP contribution in [0.4, 0.5) is 21.6 Å².